The second kappa shape index (κ2) is 10.1. The van der Waals surface area contributed by atoms with E-state index in [0.29, 0.717) is 32.8 Å². The first-order valence-electron chi connectivity index (χ1n) is 10.6. The normalized spacial score (nSPS) is 14.2. The molecule has 2 aromatic rings. The molecule has 1 aromatic carbocycles. The van der Waals surface area contributed by atoms with Crippen LogP contribution < -0.4 is 4.74 Å². The number of benzene rings is 1. The third kappa shape index (κ3) is 4.78. The highest BCUT2D eigenvalue weighted by atomic mass is 16.6. The minimum absolute atomic E-state index is 0.0737. The van der Waals surface area contributed by atoms with Crippen LogP contribution in [0.4, 0.5) is 4.79 Å². The number of rotatable bonds is 5. The SMILES string of the molecule is CCOC(=O)N1CCN(C(=O)/C(C#N)=C/c2cc(C)n(-c3ccc(OC)cc3)c2C)CC1. The molecule has 32 heavy (non-hydrogen) atoms. The van der Waals surface area contributed by atoms with Crippen molar-refractivity contribution >= 4 is 18.1 Å². The van der Waals surface area contributed by atoms with Crippen molar-refractivity contribution in [3.8, 4) is 17.5 Å². The first kappa shape index (κ1) is 22.9. The Labute approximate surface area is 188 Å². The van der Waals surface area contributed by atoms with Gasteiger partial charge in [-0.1, -0.05) is 0 Å². The van der Waals surface area contributed by atoms with Crippen molar-refractivity contribution < 1.29 is 19.1 Å². The lowest BCUT2D eigenvalue weighted by molar-refractivity contribution is -0.128. The Morgan fingerprint density at radius 2 is 1.72 bits per heavy atom. The maximum Gasteiger partial charge on any atom is 0.409 e. The molecular formula is C24H28N4O4. The summed E-state index contributed by atoms with van der Waals surface area (Å²) in [7, 11) is 1.63. The van der Waals surface area contributed by atoms with Gasteiger partial charge in [-0.3, -0.25) is 4.79 Å². The maximum atomic E-state index is 13.0. The number of amides is 2. The van der Waals surface area contributed by atoms with E-state index in [2.05, 4.69) is 10.6 Å². The van der Waals surface area contributed by atoms with E-state index in [4.69, 9.17) is 9.47 Å². The minimum Gasteiger partial charge on any atom is -0.497 e. The lowest BCUT2D eigenvalue weighted by atomic mass is 10.1. The molecule has 8 nitrogen and oxygen atoms in total. The third-order valence-corrected chi connectivity index (χ3v) is 5.54. The zero-order valence-electron chi connectivity index (χ0n) is 18.9. The molecule has 0 bridgehead atoms. The van der Waals surface area contributed by atoms with Crippen LogP contribution in [0.3, 0.4) is 0 Å². The number of ether oxygens (including phenoxy) is 2. The number of carbonyl (C=O) groups is 2. The van der Waals surface area contributed by atoms with Gasteiger partial charge in [0.15, 0.2) is 0 Å². The zero-order chi connectivity index (χ0) is 23.3. The van der Waals surface area contributed by atoms with E-state index in [-0.39, 0.29) is 17.6 Å². The van der Waals surface area contributed by atoms with Crippen molar-refractivity contribution in [1.29, 1.82) is 5.26 Å². The van der Waals surface area contributed by atoms with Crippen LogP contribution in [-0.2, 0) is 9.53 Å². The smallest absolute Gasteiger partial charge is 0.409 e. The van der Waals surface area contributed by atoms with E-state index in [1.807, 2.05) is 44.2 Å². The van der Waals surface area contributed by atoms with Crippen molar-refractivity contribution in [3.05, 3.63) is 52.9 Å². The van der Waals surface area contributed by atoms with Gasteiger partial charge in [0.25, 0.3) is 5.91 Å². The van der Waals surface area contributed by atoms with Crippen LogP contribution in [0.1, 0.15) is 23.9 Å². The van der Waals surface area contributed by atoms with Gasteiger partial charge in [0, 0.05) is 43.3 Å². The number of nitriles is 1. The molecule has 0 aliphatic carbocycles. The quantitative estimate of drug-likeness (QED) is 0.530. The largest absolute Gasteiger partial charge is 0.497 e. The summed E-state index contributed by atoms with van der Waals surface area (Å²) in [6.45, 7) is 7.51. The van der Waals surface area contributed by atoms with Crippen LogP contribution in [0.15, 0.2) is 35.9 Å². The molecule has 2 heterocycles. The molecule has 0 saturated carbocycles. The lowest BCUT2D eigenvalue weighted by Crippen LogP contribution is -2.51. The molecule has 0 spiro atoms. The summed E-state index contributed by atoms with van der Waals surface area (Å²) < 4.78 is 12.3. The summed E-state index contributed by atoms with van der Waals surface area (Å²) in [6.07, 6.45) is 1.27. The van der Waals surface area contributed by atoms with Crippen LogP contribution >= 0.6 is 0 Å². The predicted octanol–water partition coefficient (Wildman–Crippen LogP) is 3.31. The predicted molar refractivity (Wildman–Crippen MR) is 121 cm³/mol. The van der Waals surface area contributed by atoms with Crippen LogP contribution in [-0.4, -0.2) is 66.3 Å². The second-order valence-electron chi connectivity index (χ2n) is 7.51. The first-order chi connectivity index (χ1) is 15.4. The average Bonchev–Trinajstić information content (AvgIpc) is 3.09. The minimum atomic E-state index is -0.374. The fraction of sp³-hybridized carbons (Fsp3) is 0.375. The van der Waals surface area contributed by atoms with Crippen LogP contribution in [0.5, 0.6) is 5.75 Å². The molecule has 1 aliphatic rings. The number of nitrogens with zero attached hydrogens (tertiary/aromatic N) is 4. The summed E-state index contributed by atoms with van der Waals surface area (Å²) in [6, 6.07) is 11.7. The highest BCUT2D eigenvalue weighted by Gasteiger charge is 2.27. The molecule has 0 unspecified atom stereocenters. The lowest BCUT2D eigenvalue weighted by Gasteiger charge is -2.33. The number of hydrogen-bond acceptors (Lipinski definition) is 5. The Morgan fingerprint density at radius 1 is 1.09 bits per heavy atom. The molecule has 1 aromatic heterocycles. The molecule has 0 radical (unpaired) electrons. The first-order valence-corrected chi connectivity index (χ1v) is 10.6. The Bertz CT molecular complexity index is 1050. The van der Waals surface area contributed by atoms with E-state index in [1.54, 1.807) is 29.9 Å². The molecule has 0 N–H and O–H groups in total. The van der Waals surface area contributed by atoms with E-state index >= 15 is 0 Å². The van der Waals surface area contributed by atoms with Gasteiger partial charge in [0.05, 0.1) is 13.7 Å². The molecule has 8 heteroatoms. The average molecular weight is 437 g/mol. The van der Waals surface area contributed by atoms with Crippen molar-refractivity contribution in [1.82, 2.24) is 14.4 Å². The Balaban J connectivity index is 1.79. The topological polar surface area (TPSA) is 87.8 Å². The van der Waals surface area contributed by atoms with Gasteiger partial charge in [-0.25, -0.2) is 4.79 Å². The molecule has 0 atom stereocenters. The van der Waals surface area contributed by atoms with Crippen molar-refractivity contribution in [3.63, 3.8) is 0 Å². The number of aromatic nitrogens is 1. The van der Waals surface area contributed by atoms with Crippen LogP contribution in [0.2, 0.25) is 0 Å². The summed E-state index contributed by atoms with van der Waals surface area (Å²) >= 11 is 0. The highest BCUT2D eigenvalue weighted by Crippen LogP contribution is 2.24. The zero-order valence-corrected chi connectivity index (χ0v) is 18.9. The van der Waals surface area contributed by atoms with Crippen molar-refractivity contribution in [2.24, 2.45) is 0 Å². The van der Waals surface area contributed by atoms with Crippen molar-refractivity contribution in [2.75, 3.05) is 39.9 Å². The van der Waals surface area contributed by atoms with Gasteiger partial charge in [-0.2, -0.15) is 5.26 Å². The number of aryl methyl sites for hydroxylation is 1. The highest BCUT2D eigenvalue weighted by molar-refractivity contribution is 6.02. The fourth-order valence-corrected chi connectivity index (χ4v) is 3.84. The monoisotopic (exact) mass is 436 g/mol. The molecule has 2 amide bonds. The molecular weight excluding hydrogens is 408 g/mol. The van der Waals surface area contributed by atoms with Crippen LogP contribution in [0.25, 0.3) is 11.8 Å². The Morgan fingerprint density at radius 3 is 2.28 bits per heavy atom. The van der Waals surface area contributed by atoms with Gasteiger partial charge in [0.1, 0.15) is 17.4 Å². The summed E-state index contributed by atoms with van der Waals surface area (Å²) in [4.78, 5) is 28.0. The van der Waals surface area contributed by atoms with Gasteiger partial charge in [-0.05, 0) is 62.7 Å². The standard InChI is InChI=1S/C24H28N4O4/c1-5-32-24(30)27-12-10-26(11-13-27)23(29)20(16-25)15-19-14-17(2)28(18(19)3)21-6-8-22(31-4)9-7-21/h6-9,14-15H,5,10-13H2,1-4H3/b20-15+. The molecule has 1 aliphatic heterocycles. The number of hydrogen-bond donors (Lipinski definition) is 0. The maximum absolute atomic E-state index is 13.0. The van der Waals surface area contributed by atoms with E-state index in [9.17, 15) is 14.9 Å². The fourth-order valence-electron chi connectivity index (χ4n) is 3.84. The summed E-state index contributed by atoms with van der Waals surface area (Å²) in [5.41, 5.74) is 3.78. The summed E-state index contributed by atoms with van der Waals surface area (Å²) in [5.74, 6) is 0.446. The van der Waals surface area contributed by atoms with Crippen molar-refractivity contribution in [2.45, 2.75) is 20.8 Å². The molecule has 1 saturated heterocycles. The number of piperazine rings is 1. The molecule has 1 fully saturated rings. The molecule has 168 valence electrons. The van der Waals surface area contributed by atoms with Gasteiger partial charge < -0.3 is 23.8 Å². The third-order valence-electron chi connectivity index (χ3n) is 5.54. The Hall–Kier alpha value is -3.73. The summed E-state index contributed by atoms with van der Waals surface area (Å²) in [5, 5.41) is 9.67. The van der Waals surface area contributed by atoms with E-state index in [0.717, 1.165) is 28.4 Å². The molecule has 3 rings (SSSR count). The van der Waals surface area contributed by atoms with Crippen LogP contribution in [0, 0.1) is 25.2 Å². The van der Waals surface area contributed by atoms with E-state index in [1.165, 1.54) is 0 Å². The van der Waals surface area contributed by atoms with Gasteiger partial charge in [0.2, 0.25) is 0 Å². The van der Waals surface area contributed by atoms with E-state index < -0.39 is 0 Å². The van der Waals surface area contributed by atoms with Gasteiger partial charge in [-0.15, -0.1) is 0 Å². The number of carbonyl (C=O) groups excluding carboxylic acids is 2. The van der Waals surface area contributed by atoms with Gasteiger partial charge >= 0.3 is 6.09 Å². The second-order valence-corrected chi connectivity index (χ2v) is 7.51. The Kier molecular flexibility index (Phi) is 7.21. The number of methoxy groups -OCH3 is 1.